The summed E-state index contributed by atoms with van der Waals surface area (Å²) in [5.41, 5.74) is 10.2. The summed E-state index contributed by atoms with van der Waals surface area (Å²) < 4.78 is 0. The van der Waals surface area contributed by atoms with Gasteiger partial charge in [0, 0.05) is 25.3 Å². The van der Waals surface area contributed by atoms with Gasteiger partial charge in [0.1, 0.15) is 0 Å². The third-order valence-electron chi connectivity index (χ3n) is 3.68. The van der Waals surface area contributed by atoms with Crippen molar-refractivity contribution < 1.29 is 0 Å². The van der Waals surface area contributed by atoms with Crippen LogP contribution in [0, 0.1) is 11.3 Å². The number of benzene rings is 2. The van der Waals surface area contributed by atoms with Gasteiger partial charge in [0.15, 0.2) is 0 Å². The Labute approximate surface area is 126 Å². The fourth-order valence-electron chi connectivity index (χ4n) is 2.32. The van der Waals surface area contributed by atoms with E-state index in [-0.39, 0.29) is 6.04 Å². The van der Waals surface area contributed by atoms with Gasteiger partial charge >= 0.3 is 0 Å². The van der Waals surface area contributed by atoms with Crippen LogP contribution in [0.3, 0.4) is 0 Å². The maximum absolute atomic E-state index is 8.94. The van der Waals surface area contributed by atoms with Gasteiger partial charge < -0.3 is 10.6 Å². The van der Waals surface area contributed by atoms with Crippen LogP contribution in [-0.4, -0.2) is 7.05 Å². The summed E-state index contributed by atoms with van der Waals surface area (Å²) in [7, 11) is 2.05. The first-order chi connectivity index (χ1) is 10.1. The molecule has 0 aromatic heterocycles. The average Bonchev–Trinajstić information content (AvgIpc) is 2.54. The summed E-state index contributed by atoms with van der Waals surface area (Å²) in [6, 6.07) is 18.4. The van der Waals surface area contributed by atoms with Crippen LogP contribution in [0.15, 0.2) is 48.5 Å². The van der Waals surface area contributed by atoms with E-state index in [2.05, 4.69) is 42.2 Å². The predicted molar refractivity (Wildman–Crippen MR) is 86.9 cm³/mol. The molecule has 0 amide bonds. The van der Waals surface area contributed by atoms with Gasteiger partial charge in [0.25, 0.3) is 0 Å². The number of anilines is 1. The quantitative estimate of drug-likeness (QED) is 0.909. The van der Waals surface area contributed by atoms with Crippen LogP contribution in [-0.2, 0) is 6.54 Å². The molecule has 3 nitrogen and oxygen atoms in total. The van der Waals surface area contributed by atoms with Gasteiger partial charge in [-0.1, -0.05) is 31.2 Å². The van der Waals surface area contributed by atoms with E-state index in [9.17, 15) is 0 Å². The highest BCUT2D eigenvalue weighted by molar-refractivity contribution is 5.48. The summed E-state index contributed by atoms with van der Waals surface area (Å²) in [6.45, 7) is 2.86. The summed E-state index contributed by atoms with van der Waals surface area (Å²) in [5.74, 6) is 0. The number of hydrogen-bond acceptors (Lipinski definition) is 3. The molecule has 0 fully saturated rings. The Hall–Kier alpha value is -2.31. The van der Waals surface area contributed by atoms with Gasteiger partial charge in [-0.3, -0.25) is 0 Å². The lowest BCUT2D eigenvalue weighted by atomic mass is 10.0. The van der Waals surface area contributed by atoms with Gasteiger partial charge in [0.05, 0.1) is 11.6 Å². The van der Waals surface area contributed by atoms with Crippen molar-refractivity contribution in [2.45, 2.75) is 25.9 Å². The normalized spacial score (nSPS) is 11.7. The smallest absolute Gasteiger partial charge is 0.0991 e. The van der Waals surface area contributed by atoms with Crippen molar-refractivity contribution in [1.29, 1.82) is 5.26 Å². The van der Waals surface area contributed by atoms with Crippen LogP contribution < -0.4 is 10.6 Å². The Balaban J connectivity index is 2.09. The zero-order valence-electron chi connectivity index (χ0n) is 12.6. The molecule has 0 aliphatic rings. The lowest BCUT2D eigenvalue weighted by molar-refractivity contribution is 0.698. The molecular formula is C18H21N3. The number of rotatable bonds is 5. The van der Waals surface area contributed by atoms with E-state index in [0.29, 0.717) is 5.56 Å². The maximum atomic E-state index is 8.94. The van der Waals surface area contributed by atoms with Crippen LogP contribution in [0.1, 0.15) is 36.1 Å². The Morgan fingerprint density at radius 3 is 2.52 bits per heavy atom. The lowest BCUT2D eigenvalue weighted by Gasteiger charge is -2.20. The molecule has 0 aliphatic carbocycles. The minimum atomic E-state index is 0.108. The largest absolute Gasteiger partial charge is 0.370 e. The van der Waals surface area contributed by atoms with Crippen LogP contribution in [0.5, 0.6) is 0 Å². The summed E-state index contributed by atoms with van der Waals surface area (Å²) in [4.78, 5) is 2.16. The Kier molecular flexibility index (Phi) is 4.97. The van der Waals surface area contributed by atoms with Gasteiger partial charge in [-0.2, -0.15) is 5.26 Å². The predicted octanol–water partition coefficient (Wildman–Crippen LogP) is 3.60. The molecule has 0 spiro atoms. The van der Waals surface area contributed by atoms with Crippen molar-refractivity contribution in [1.82, 2.24) is 0 Å². The van der Waals surface area contributed by atoms with Crippen molar-refractivity contribution in [2.75, 3.05) is 11.9 Å². The second-order valence-corrected chi connectivity index (χ2v) is 5.27. The first kappa shape index (κ1) is 15.1. The fraction of sp³-hybridized carbons (Fsp3) is 0.278. The van der Waals surface area contributed by atoms with Crippen molar-refractivity contribution >= 4 is 5.69 Å². The minimum Gasteiger partial charge on any atom is -0.370 e. The van der Waals surface area contributed by atoms with Crippen molar-refractivity contribution in [3.05, 3.63) is 65.2 Å². The van der Waals surface area contributed by atoms with Crippen LogP contribution in [0.2, 0.25) is 0 Å². The summed E-state index contributed by atoms with van der Waals surface area (Å²) >= 11 is 0. The third-order valence-corrected chi connectivity index (χ3v) is 3.68. The maximum Gasteiger partial charge on any atom is 0.0991 e. The Morgan fingerprint density at radius 2 is 1.90 bits per heavy atom. The topological polar surface area (TPSA) is 53.0 Å². The highest BCUT2D eigenvalue weighted by Gasteiger charge is 2.06. The van der Waals surface area contributed by atoms with E-state index < -0.39 is 0 Å². The average molecular weight is 279 g/mol. The molecule has 0 bridgehead atoms. The molecule has 21 heavy (non-hydrogen) atoms. The second-order valence-electron chi connectivity index (χ2n) is 5.27. The number of hydrogen-bond donors (Lipinski definition) is 1. The van der Waals surface area contributed by atoms with Crippen molar-refractivity contribution in [2.24, 2.45) is 5.73 Å². The molecule has 0 saturated heterocycles. The molecule has 0 aliphatic heterocycles. The molecule has 2 N–H and O–H groups in total. The van der Waals surface area contributed by atoms with Crippen LogP contribution in [0.25, 0.3) is 0 Å². The van der Waals surface area contributed by atoms with Gasteiger partial charge in [-0.05, 0) is 41.8 Å². The zero-order chi connectivity index (χ0) is 15.2. The molecule has 108 valence electrons. The number of nitrogens with zero attached hydrogens (tertiary/aromatic N) is 2. The van der Waals surface area contributed by atoms with E-state index in [1.807, 2.05) is 31.3 Å². The van der Waals surface area contributed by atoms with E-state index in [0.717, 1.165) is 24.2 Å². The molecule has 0 heterocycles. The molecule has 2 aromatic carbocycles. The SMILES string of the molecule is CC[C@H](N)c1ccc(N(C)Cc2cccc(C#N)c2)cc1. The molecular weight excluding hydrogens is 258 g/mol. The highest BCUT2D eigenvalue weighted by atomic mass is 15.1. The first-order valence-electron chi connectivity index (χ1n) is 7.19. The third kappa shape index (κ3) is 3.84. The molecule has 1 atom stereocenters. The van der Waals surface area contributed by atoms with Crippen LogP contribution >= 0.6 is 0 Å². The monoisotopic (exact) mass is 279 g/mol. The van der Waals surface area contributed by atoms with E-state index in [1.54, 1.807) is 0 Å². The molecule has 2 aromatic rings. The highest BCUT2D eigenvalue weighted by Crippen LogP contribution is 2.20. The van der Waals surface area contributed by atoms with E-state index >= 15 is 0 Å². The first-order valence-corrected chi connectivity index (χ1v) is 7.19. The van der Waals surface area contributed by atoms with Crippen LogP contribution in [0.4, 0.5) is 5.69 Å². The van der Waals surface area contributed by atoms with E-state index in [4.69, 9.17) is 11.0 Å². The zero-order valence-corrected chi connectivity index (χ0v) is 12.6. The lowest BCUT2D eigenvalue weighted by Crippen LogP contribution is -2.16. The summed E-state index contributed by atoms with van der Waals surface area (Å²) in [6.07, 6.45) is 0.941. The summed E-state index contributed by atoms with van der Waals surface area (Å²) in [5, 5.41) is 8.94. The minimum absolute atomic E-state index is 0.108. The number of nitriles is 1. The van der Waals surface area contributed by atoms with Gasteiger partial charge in [-0.15, -0.1) is 0 Å². The molecule has 2 rings (SSSR count). The number of nitrogens with two attached hydrogens (primary N) is 1. The fourth-order valence-corrected chi connectivity index (χ4v) is 2.32. The molecule has 3 heteroatoms. The molecule has 0 saturated carbocycles. The standard InChI is InChI=1S/C18H21N3/c1-3-18(20)16-7-9-17(10-8-16)21(2)13-15-6-4-5-14(11-15)12-19/h4-11,18H,3,13,20H2,1-2H3/t18-/m0/s1. The van der Waals surface area contributed by atoms with Gasteiger partial charge in [0.2, 0.25) is 0 Å². The Bertz CT molecular complexity index is 626. The molecule has 0 unspecified atom stereocenters. The Morgan fingerprint density at radius 1 is 1.19 bits per heavy atom. The molecule has 0 radical (unpaired) electrons. The van der Waals surface area contributed by atoms with Crippen molar-refractivity contribution in [3.8, 4) is 6.07 Å². The van der Waals surface area contributed by atoms with Gasteiger partial charge in [-0.25, -0.2) is 0 Å². The van der Waals surface area contributed by atoms with Crippen molar-refractivity contribution in [3.63, 3.8) is 0 Å². The second kappa shape index (κ2) is 6.92. The van der Waals surface area contributed by atoms with E-state index in [1.165, 1.54) is 5.56 Å².